The van der Waals surface area contributed by atoms with Gasteiger partial charge in [0.1, 0.15) is 6.07 Å². The first-order chi connectivity index (χ1) is 16.1. The predicted molar refractivity (Wildman–Crippen MR) is 136 cm³/mol. The second kappa shape index (κ2) is 10.3. The Kier molecular flexibility index (Phi) is 7.00. The second-order valence-corrected chi connectivity index (χ2v) is 8.05. The molecular formula is C25H19IN4O3. The molecule has 0 amide bonds. The Morgan fingerprint density at radius 3 is 2.64 bits per heavy atom. The van der Waals surface area contributed by atoms with E-state index in [-0.39, 0.29) is 12.2 Å². The number of hydrogen-bond acceptors (Lipinski definition) is 6. The molecule has 1 aromatic heterocycles. The number of ether oxygens (including phenoxy) is 2. The van der Waals surface area contributed by atoms with Gasteiger partial charge in [0, 0.05) is 5.56 Å². The zero-order valence-corrected chi connectivity index (χ0v) is 19.9. The summed E-state index contributed by atoms with van der Waals surface area (Å²) >= 11 is 2.12. The van der Waals surface area contributed by atoms with Crippen LogP contribution >= 0.6 is 22.6 Å². The lowest BCUT2D eigenvalue weighted by Crippen LogP contribution is -2.20. The first-order valence-electron chi connectivity index (χ1n) is 10.2. The first-order valence-corrected chi connectivity index (χ1v) is 11.3. The third kappa shape index (κ3) is 4.88. The molecule has 0 bridgehead atoms. The summed E-state index contributed by atoms with van der Waals surface area (Å²) in [7, 11) is 0. The Labute approximate surface area is 204 Å². The third-order valence-corrected chi connectivity index (χ3v) is 5.52. The van der Waals surface area contributed by atoms with Crippen molar-refractivity contribution in [1.82, 2.24) is 9.66 Å². The highest BCUT2D eigenvalue weighted by Gasteiger charge is 2.14. The maximum atomic E-state index is 13.3. The van der Waals surface area contributed by atoms with Crippen LogP contribution in [-0.2, 0) is 0 Å². The minimum absolute atomic E-state index is 0.0812. The number of para-hydroxylation sites is 1. The van der Waals surface area contributed by atoms with Crippen LogP contribution in [0.15, 0.2) is 76.6 Å². The van der Waals surface area contributed by atoms with Crippen LogP contribution in [0.4, 0.5) is 0 Å². The number of aromatic nitrogens is 2. The highest BCUT2D eigenvalue weighted by atomic mass is 127. The van der Waals surface area contributed by atoms with Crippen LogP contribution in [0.1, 0.15) is 12.5 Å². The molecule has 0 atom stereocenters. The number of nitrogens with zero attached hydrogens (tertiary/aromatic N) is 4. The molecule has 0 aliphatic carbocycles. The van der Waals surface area contributed by atoms with Gasteiger partial charge in [0.05, 0.1) is 27.3 Å². The van der Waals surface area contributed by atoms with Crippen molar-refractivity contribution in [2.24, 2.45) is 5.10 Å². The van der Waals surface area contributed by atoms with Gasteiger partial charge in [-0.1, -0.05) is 42.5 Å². The molecule has 0 fully saturated rings. The molecule has 0 aliphatic rings. The standard InChI is InChI=1S/C25H19IN4O3/c1-2-32-22-15-17(14-20(26)23(22)33-13-12-27)16-28-30-24(18-8-4-3-5-9-18)29-21-11-7-6-10-19(21)25(30)31/h3-11,14-16H,2,13H2,1H3. The Hall–Kier alpha value is -3.71. The molecule has 4 rings (SSSR count). The summed E-state index contributed by atoms with van der Waals surface area (Å²) in [6.07, 6.45) is 1.59. The molecule has 8 heteroatoms. The summed E-state index contributed by atoms with van der Waals surface area (Å²) in [6, 6.07) is 22.3. The van der Waals surface area contributed by atoms with Crippen molar-refractivity contribution in [2.45, 2.75) is 6.92 Å². The smallest absolute Gasteiger partial charge is 0.282 e. The Morgan fingerprint density at radius 2 is 1.88 bits per heavy atom. The lowest BCUT2D eigenvalue weighted by atomic mass is 10.2. The lowest BCUT2D eigenvalue weighted by Gasteiger charge is -2.13. The summed E-state index contributed by atoms with van der Waals surface area (Å²) in [6.45, 7) is 2.22. The van der Waals surface area contributed by atoms with Crippen molar-refractivity contribution >= 4 is 39.7 Å². The van der Waals surface area contributed by atoms with Gasteiger partial charge in [0.2, 0.25) is 0 Å². The van der Waals surface area contributed by atoms with Crippen LogP contribution in [0.25, 0.3) is 22.3 Å². The van der Waals surface area contributed by atoms with Gasteiger partial charge in [-0.2, -0.15) is 15.0 Å². The van der Waals surface area contributed by atoms with Crippen LogP contribution in [0.5, 0.6) is 11.5 Å². The molecule has 1 heterocycles. The molecular weight excluding hydrogens is 531 g/mol. The number of rotatable bonds is 7. The molecule has 0 N–H and O–H groups in total. The maximum Gasteiger partial charge on any atom is 0.282 e. The molecule has 0 saturated carbocycles. The number of fused-ring (bicyclic) bond motifs is 1. The second-order valence-electron chi connectivity index (χ2n) is 6.89. The van der Waals surface area contributed by atoms with Gasteiger partial charge in [-0.3, -0.25) is 4.79 Å². The van der Waals surface area contributed by atoms with Gasteiger partial charge in [-0.25, -0.2) is 4.98 Å². The molecule has 7 nitrogen and oxygen atoms in total. The fraction of sp³-hybridized carbons (Fsp3) is 0.120. The molecule has 33 heavy (non-hydrogen) atoms. The summed E-state index contributed by atoms with van der Waals surface area (Å²) in [5, 5.41) is 13.8. The molecule has 0 spiro atoms. The van der Waals surface area contributed by atoms with Crippen LogP contribution in [0.2, 0.25) is 0 Å². The van der Waals surface area contributed by atoms with E-state index in [0.29, 0.717) is 40.4 Å². The highest BCUT2D eigenvalue weighted by Crippen LogP contribution is 2.34. The SMILES string of the molecule is CCOc1cc(C=Nn2c(-c3ccccc3)nc3ccccc3c2=O)cc(I)c1OCC#N. The molecule has 3 aromatic carbocycles. The molecule has 0 aliphatic heterocycles. The first kappa shape index (κ1) is 22.5. The third-order valence-electron chi connectivity index (χ3n) is 4.72. The van der Waals surface area contributed by atoms with Crippen LogP contribution < -0.4 is 15.0 Å². The maximum absolute atomic E-state index is 13.3. The molecule has 0 unspecified atom stereocenters. The zero-order valence-electron chi connectivity index (χ0n) is 17.7. The van der Waals surface area contributed by atoms with Gasteiger partial charge in [-0.15, -0.1) is 0 Å². The van der Waals surface area contributed by atoms with Gasteiger partial charge in [0.15, 0.2) is 23.9 Å². The highest BCUT2D eigenvalue weighted by molar-refractivity contribution is 14.1. The Morgan fingerprint density at radius 1 is 1.12 bits per heavy atom. The molecule has 164 valence electrons. The van der Waals surface area contributed by atoms with E-state index >= 15 is 0 Å². The van der Waals surface area contributed by atoms with E-state index in [9.17, 15) is 4.79 Å². The van der Waals surface area contributed by atoms with Crippen LogP contribution in [0, 0.1) is 14.9 Å². The van der Waals surface area contributed by atoms with Gasteiger partial charge >= 0.3 is 0 Å². The molecule has 4 aromatic rings. The monoisotopic (exact) mass is 550 g/mol. The normalized spacial score (nSPS) is 10.9. The minimum Gasteiger partial charge on any atom is -0.490 e. The number of hydrogen-bond donors (Lipinski definition) is 0. The van der Waals surface area contributed by atoms with Gasteiger partial charge in [0.25, 0.3) is 5.56 Å². The largest absolute Gasteiger partial charge is 0.490 e. The van der Waals surface area contributed by atoms with Crippen molar-refractivity contribution in [3.63, 3.8) is 0 Å². The fourth-order valence-corrected chi connectivity index (χ4v) is 4.08. The summed E-state index contributed by atoms with van der Waals surface area (Å²) in [4.78, 5) is 18.0. The molecule has 0 saturated heterocycles. The lowest BCUT2D eigenvalue weighted by molar-refractivity contribution is 0.297. The quantitative estimate of drug-likeness (QED) is 0.243. The number of nitriles is 1. The molecule has 0 radical (unpaired) electrons. The Bertz CT molecular complexity index is 1430. The summed E-state index contributed by atoms with van der Waals surface area (Å²) in [5.74, 6) is 1.46. The van der Waals surface area contributed by atoms with E-state index in [2.05, 4.69) is 27.7 Å². The fourth-order valence-electron chi connectivity index (χ4n) is 3.30. The van der Waals surface area contributed by atoms with E-state index in [0.717, 1.165) is 9.13 Å². The predicted octanol–water partition coefficient (Wildman–Crippen LogP) is 4.85. The van der Waals surface area contributed by atoms with E-state index in [1.807, 2.05) is 61.5 Å². The Balaban J connectivity index is 1.84. The summed E-state index contributed by atoms with van der Waals surface area (Å²) in [5.41, 5.74) is 1.85. The van der Waals surface area contributed by atoms with E-state index in [1.54, 1.807) is 24.4 Å². The van der Waals surface area contributed by atoms with E-state index < -0.39 is 0 Å². The summed E-state index contributed by atoms with van der Waals surface area (Å²) < 4.78 is 13.3. The van der Waals surface area contributed by atoms with Crippen molar-refractivity contribution in [2.75, 3.05) is 13.2 Å². The average Bonchev–Trinajstić information content (AvgIpc) is 2.83. The topological polar surface area (TPSA) is 89.5 Å². The van der Waals surface area contributed by atoms with Crippen molar-refractivity contribution in [3.05, 3.63) is 86.2 Å². The van der Waals surface area contributed by atoms with Crippen LogP contribution in [-0.4, -0.2) is 29.1 Å². The number of benzene rings is 3. The van der Waals surface area contributed by atoms with Gasteiger partial charge in [-0.05, 0) is 59.3 Å². The van der Waals surface area contributed by atoms with Crippen molar-refractivity contribution < 1.29 is 9.47 Å². The number of halogens is 1. The van der Waals surface area contributed by atoms with Crippen molar-refractivity contribution in [1.29, 1.82) is 5.26 Å². The van der Waals surface area contributed by atoms with Crippen molar-refractivity contribution in [3.8, 4) is 29.0 Å². The average molecular weight is 550 g/mol. The zero-order chi connectivity index (χ0) is 23.2. The van der Waals surface area contributed by atoms with E-state index in [1.165, 1.54) is 4.68 Å². The minimum atomic E-state index is -0.260. The van der Waals surface area contributed by atoms with E-state index in [4.69, 9.17) is 19.7 Å². The van der Waals surface area contributed by atoms with Gasteiger partial charge < -0.3 is 9.47 Å². The van der Waals surface area contributed by atoms with Crippen LogP contribution in [0.3, 0.4) is 0 Å².